The average Bonchev–Trinajstić information content (AvgIpc) is 2.14. The van der Waals surface area contributed by atoms with Crippen molar-refractivity contribution in [2.24, 2.45) is 10.9 Å². The summed E-state index contributed by atoms with van der Waals surface area (Å²) in [6.07, 6.45) is 3.25. The summed E-state index contributed by atoms with van der Waals surface area (Å²) in [6, 6.07) is 5.57. The lowest BCUT2D eigenvalue weighted by Crippen LogP contribution is -2.05. The van der Waals surface area contributed by atoms with E-state index < -0.39 is 0 Å². The zero-order valence-corrected chi connectivity index (χ0v) is 6.68. The highest BCUT2D eigenvalue weighted by molar-refractivity contribution is 5.76. The van der Waals surface area contributed by atoms with Crippen molar-refractivity contribution in [3.05, 3.63) is 30.1 Å². The third-order valence-corrected chi connectivity index (χ3v) is 1.16. The highest BCUT2D eigenvalue weighted by Gasteiger charge is 1.84. The summed E-state index contributed by atoms with van der Waals surface area (Å²) in [5, 5.41) is 3.66. The summed E-state index contributed by atoms with van der Waals surface area (Å²) < 4.78 is 0. The number of hydrogen-bond acceptors (Lipinski definition) is 4. The molecule has 2 N–H and O–H groups in total. The molecule has 4 heteroatoms. The largest absolute Gasteiger partial charge is 0.394 e. The Hall–Kier alpha value is -1.42. The van der Waals surface area contributed by atoms with Crippen molar-refractivity contribution in [3.8, 4) is 0 Å². The van der Waals surface area contributed by atoms with E-state index in [0.29, 0.717) is 13.2 Å². The summed E-state index contributed by atoms with van der Waals surface area (Å²) >= 11 is 0. The second kappa shape index (κ2) is 5.26. The Balaban J connectivity index is 2.36. The molecule has 0 bridgehead atoms. The molecule has 0 aliphatic heterocycles. The molecule has 1 aromatic heterocycles. The van der Waals surface area contributed by atoms with Crippen LogP contribution in [0.25, 0.3) is 0 Å². The zero-order valence-electron chi connectivity index (χ0n) is 6.68. The molecule has 0 fully saturated rings. The maximum Gasteiger partial charge on any atom is 0.129 e. The molecule has 0 saturated heterocycles. The molecule has 64 valence electrons. The van der Waals surface area contributed by atoms with Gasteiger partial charge in [0.25, 0.3) is 0 Å². The first kappa shape index (κ1) is 8.67. The number of rotatable bonds is 4. The highest BCUT2D eigenvalue weighted by Crippen LogP contribution is 1.88. The minimum atomic E-state index is 0.434. The summed E-state index contributed by atoms with van der Waals surface area (Å²) in [5.41, 5.74) is 5.97. The lowest BCUT2D eigenvalue weighted by molar-refractivity contribution is 0.154. The molecule has 1 aromatic rings. The van der Waals surface area contributed by atoms with Gasteiger partial charge in [-0.25, -0.2) is 0 Å². The molecule has 1 heterocycles. The Morgan fingerprint density at radius 3 is 3.17 bits per heavy atom. The molecular weight excluding hydrogens is 154 g/mol. The fourth-order valence-electron chi connectivity index (χ4n) is 0.649. The van der Waals surface area contributed by atoms with E-state index in [0.717, 1.165) is 5.69 Å². The number of aromatic nitrogens is 1. The topological polar surface area (TPSA) is 60.5 Å². The summed E-state index contributed by atoms with van der Waals surface area (Å²) in [7, 11) is 0. The first-order valence-electron chi connectivity index (χ1n) is 3.70. The molecule has 4 nitrogen and oxygen atoms in total. The molecular formula is C8H11N3O. The Morgan fingerprint density at radius 2 is 2.50 bits per heavy atom. The van der Waals surface area contributed by atoms with Gasteiger partial charge >= 0.3 is 0 Å². The van der Waals surface area contributed by atoms with Gasteiger partial charge in [-0.05, 0) is 12.1 Å². The normalized spacial score (nSPS) is 10.4. The molecule has 0 saturated carbocycles. The predicted octanol–water partition coefficient (Wildman–Crippen LogP) is 0.391. The third kappa shape index (κ3) is 3.12. The van der Waals surface area contributed by atoms with E-state index in [9.17, 15) is 0 Å². The summed E-state index contributed by atoms with van der Waals surface area (Å²) in [5.74, 6) is 0. The van der Waals surface area contributed by atoms with Gasteiger partial charge in [-0.2, -0.15) is 0 Å². The van der Waals surface area contributed by atoms with Gasteiger partial charge in [-0.15, -0.1) is 0 Å². The van der Waals surface area contributed by atoms with Gasteiger partial charge in [0.05, 0.1) is 11.9 Å². The van der Waals surface area contributed by atoms with Crippen LogP contribution in [0.1, 0.15) is 5.69 Å². The fraction of sp³-hybridized carbons (Fsp3) is 0.250. The van der Waals surface area contributed by atoms with Crippen LogP contribution in [0.2, 0.25) is 0 Å². The van der Waals surface area contributed by atoms with Gasteiger partial charge in [-0.1, -0.05) is 11.2 Å². The lowest BCUT2D eigenvalue weighted by atomic mass is 10.4. The number of oxime groups is 1. The van der Waals surface area contributed by atoms with Crippen molar-refractivity contribution in [2.45, 2.75) is 0 Å². The van der Waals surface area contributed by atoms with E-state index in [1.807, 2.05) is 18.2 Å². The van der Waals surface area contributed by atoms with Crippen LogP contribution >= 0.6 is 0 Å². The first-order valence-corrected chi connectivity index (χ1v) is 3.70. The number of hydrogen-bond donors (Lipinski definition) is 1. The first-order chi connectivity index (χ1) is 5.93. The monoisotopic (exact) mass is 165 g/mol. The van der Waals surface area contributed by atoms with Crippen LogP contribution in [-0.2, 0) is 4.84 Å². The Kier molecular flexibility index (Phi) is 3.80. The predicted molar refractivity (Wildman–Crippen MR) is 46.8 cm³/mol. The van der Waals surface area contributed by atoms with Gasteiger partial charge < -0.3 is 10.6 Å². The molecule has 1 rings (SSSR count). The molecule has 0 aliphatic carbocycles. The second-order valence-corrected chi connectivity index (χ2v) is 2.11. The van der Waals surface area contributed by atoms with Crippen LogP contribution in [0.4, 0.5) is 0 Å². The van der Waals surface area contributed by atoms with E-state index in [2.05, 4.69) is 10.1 Å². The zero-order chi connectivity index (χ0) is 8.65. The van der Waals surface area contributed by atoms with Gasteiger partial charge in [0.1, 0.15) is 6.61 Å². The van der Waals surface area contributed by atoms with Gasteiger partial charge in [0, 0.05) is 12.7 Å². The lowest BCUT2D eigenvalue weighted by Gasteiger charge is -1.93. The maximum atomic E-state index is 5.19. The SMILES string of the molecule is NCCO/N=C/c1ccccn1. The van der Waals surface area contributed by atoms with E-state index in [-0.39, 0.29) is 0 Å². The van der Waals surface area contributed by atoms with E-state index >= 15 is 0 Å². The van der Waals surface area contributed by atoms with Crippen molar-refractivity contribution in [3.63, 3.8) is 0 Å². The van der Waals surface area contributed by atoms with Gasteiger partial charge in [0.15, 0.2) is 0 Å². The van der Waals surface area contributed by atoms with E-state index in [1.54, 1.807) is 12.4 Å². The molecule has 0 aliphatic rings. The molecule has 0 atom stereocenters. The minimum absolute atomic E-state index is 0.434. The van der Waals surface area contributed by atoms with Crippen LogP contribution < -0.4 is 5.73 Å². The van der Waals surface area contributed by atoms with Gasteiger partial charge in [-0.3, -0.25) is 4.98 Å². The maximum absolute atomic E-state index is 5.19. The quantitative estimate of drug-likeness (QED) is 0.399. The molecule has 0 unspecified atom stereocenters. The number of pyridine rings is 1. The standard InChI is InChI=1S/C8H11N3O/c9-4-6-12-11-7-8-3-1-2-5-10-8/h1-3,5,7H,4,6,9H2/b11-7+. The molecule has 0 amide bonds. The highest BCUT2D eigenvalue weighted by atomic mass is 16.6. The fourth-order valence-corrected chi connectivity index (χ4v) is 0.649. The van der Waals surface area contributed by atoms with Gasteiger partial charge in [0.2, 0.25) is 0 Å². The van der Waals surface area contributed by atoms with E-state index in [1.165, 1.54) is 0 Å². The smallest absolute Gasteiger partial charge is 0.129 e. The summed E-state index contributed by atoms with van der Waals surface area (Å²) in [6.45, 7) is 0.906. The minimum Gasteiger partial charge on any atom is -0.394 e. The van der Waals surface area contributed by atoms with Crippen LogP contribution in [0, 0.1) is 0 Å². The van der Waals surface area contributed by atoms with E-state index in [4.69, 9.17) is 10.6 Å². The molecule has 0 spiro atoms. The van der Waals surface area contributed by atoms with Crippen LogP contribution in [0.5, 0.6) is 0 Å². The summed E-state index contributed by atoms with van der Waals surface area (Å²) in [4.78, 5) is 8.81. The van der Waals surface area contributed by atoms with Crippen molar-refractivity contribution in [1.29, 1.82) is 0 Å². The Bertz CT molecular complexity index is 235. The Morgan fingerprint density at radius 1 is 1.58 bits per heavy atom. The van der Waals surface area contributed by atoms with Crippen LogP contribution in [-0.4, -0.2) is 24.4 Å². The van der Waals surface area contributed by atoms with Crippen LogP contribution in [0.3, 0.4) is 0 Å². The third-order valence-electron chi connectivity index (χ3n) is 1.16. The second-order valence-electron chi connectivity index (χ2n) is 2.11. The molecule has 0 aromatic carbocycles. The number of nitrogens with zero attached hydrogens (tertiary/aromatic N) is 2. The molecule has 0 radical (unpaired) electrons. The van der Waals surface area contributed by atoms with Crippen molar-refractivity contribution in [2.75, 3.05) is 13.2 Å². The van der Waals surface area contributed by atoms with Crippen LogP contribution in [0.15, 0.2) is 29.6 Å². The van der Waals surface area contributed by atoms with Crippen molar-refractivity contribution < 1.29 is 4.84 Å². The average molecular weight is 165 g/mol. The number of nitrogens with two attached hydrogens (primary N) is 1. The molecule has 12 heavy (non-hydrogen) atoms. The van der Waals surface area contributed by atoms with Crippen molar-refractivity contribution >= 4 is 6.21 Å². The Labute approximate surface area is 71.0 Å². The van der Waals surface area contributed by atoms with Crippen molar-refractivity contribution in [1.82, 2.24) is 4.98 Å².